The summed E-state index contributed by atoms with van der Waals surface area (Å²) in [7, 11) is 1.71. The van der Waals surface area contributed by atoms with Crippen LogP contribution in [0.25, 0.3) is 0 Å². The van der Waals surface area contributed by atoms with Gasteiger partial charge in [-0.25, -0.2) is 0 Å². The molecule has 0 radical (unpaired) electrons. The van der Waals surface area contributed by atoms with Gasteiger partial charge in [-0.1, -0.05) is 23.7 Å². The number of aliphatic hydroxyl groups is 1. The van der Waals surface area contributed by atoms with Crippen LogP contribution in [0.15, 0.2) is 24.3 Å². The third kappa shape index (κ3) is 4.26. The predicted molar refractivity (Wildman–Crippen MR) is 97.7 cm³/mol. The molecule has 0 bridgehead atoms. The summed E-state index contributed by atoms with van der Waals surface area (Å²) >= 11 is 6.06. The molecule has 2 saturated heterocycles. The maximum absolute atomic E-state index is 12.6. The van der Waals surface area contributed by atoms with Gasteiger partial charge in [0, 0.05) is 44.0 Å². The first kappa shape index (κ1) is 20.0. The molecule has 1 aromatic carbocycles. The van der Waals surface area contributed by atoms with Crippen LogP contribution in [0.2, 0.25) is 5.02 Å². The normalized spacial score (nSPS) is 28.8. The van der Waals surface area contributed by atoms with Crippen LogP contribution >= 0.6 is 24.0 Å². The molecule has 138 valence electrons. The van der Waals surface area contributed by atoms with Crippen LogP contribution in [-0.2, 0) is 9.59 Å². The minimum Gasteiger partial charge on any atom is -0.391 e. The molecule has 2 heterocycles. The number of β-amino-alcohol motifs (C(OH)–C–C–N with tert-alkyl or cyclic N) is 1. The van der Waals surface area contributed by atoms with Crippen molar-refractivity contribution in [2.45, 2.75) is 18.6 Å². The van der Waals surface area contributed by atoms with E-state index in [2.05, 4.69) is 10.6 Å². The minimum absolute atomic E-state index is 0. The Kier molecular flexibility index (Phi) is 6.68. The van der Waals surface area contributed by atoms with Crippen molar-refractivity contribution >= 4 is 35.8 Å². The number of hydrogen-bond acceptors (Lipinski definition) is 4. The van der Waals surface area contributed by atoms with Gasteiger partial charge in [-0.3, -0.25) is 9.59 Å². The fraction of sp³-hybridized carbons (Fsp3) is 0.529. The molecule has 2 aliphatic heterocycles. The van der Waals surface area contributed by atoms with Crippen molar-refractivity contribution in [3.8, 4) is 0 Å². The molecule has 2 fully saturated rings. The van der Waals surface area contributed by atoms with Crippen LogP contribution in [-0.4, -0.2) is 54.6 Å². The zero-order chi connectivity index (χ0) is 17.3. The van der Waals surface area contributed by atoms with E-state index in [1.54, 1.807) is 24.1 Å². The molecule has 3 N–H and O–H groups in total. The summed E-state index contributed by atoms with van der Waals surface area (Å²) in [6.07, 6.45) is -0.257. The fourth-order valence-corrected chi connectivity index (χ4v) is 3.74. The molecule has 4 atom stereocenters. The number of rotatable bonds is 4. The molecule has 0 aromatic heterocycles. The number of aliphatic hydroxyl groups excluding tert-OH is 1. The molecule has 1 aromatic rings. The molecule has 0 saturated carbocycles. The van der Waals surface area contributed by atoms with Gasteiger partial charge in [-0.05, 0) is 17.7 Å². The first-order valence-corrected chi connectivity index (χ1v) is 8.53. The largest absolute Gasteiger partial charge is 0.391 e. The van der Waals surface area contributed by atoms with E-state index in [0.29, 0.717) is 24.7 Å². The second-order valence-corrected chi connectivity index (χ2v) is 6.98. The molecule has 8 heteroatoms. The number of halogens is 2. The fourth-order valence-electron chi connectivity index (χ4n) is 3.54. The Morgan fingerprint density at radius 1 is 1.44 bits per heavy atom. The van der Waals surface area contributed by atoms with Crippen molar-refractivity contribution in [2.24, 2.45) is 11.8 Å². The molecule has 2 aliphatic rings. The molecular formula is C17H23Cl2N3O3. The number of likely N-dealkylation sites (tertiary alicyclic amines) is 1. The third-order valence-electron chi connectivity index (χ3n) is 4.96. The van der Waals surface area contributed by atoms with Gasteiger partial charge >= 0.3 is 0 Å². The number of amides is 2. The molecule has 0 spiro atoms. The highest BCUT2D eigenvalue weighted by atomic mass is 35.5. The quantitative estimate of drug-likeness (QED) is 0.718. The summed E-state index contributed by atoms with van der Waals surface area (Å²) in [5.41, 5.74) is 0.860. The second-order valence-electron chi connectivity index (χ2n) is 6.55. The number of carbonyl (C=O) groups excluding carboxylic acids is 2. The average Bonchev–Trinajstić information content (AvgIpc) is 3.09. The van der Waals surface area contributed by atoms with Crippen molar-refractivity contribution in [1.29, 1.82) is 0 Å². The summed E-state index contributed by atoms with van der Waals surface area (Å²) in [4.78, 5) is 26.4. The lowest BCUT2D eigenvalue weighted by atomic mass is 9.92. The summed E-state index contributed by atoms with van der Waals surface area (Å²) in [6, 6.07) is 6.96. The van der Waals surface area contributed by atoms with Crippen LogP contribution in [0, 0.1) is 11.8 Å². The summed E-state index contributed by atoms with van der Waals surface area (Å²) in [5, 5.41) is 16.4. The van der Waals surface area contributed by atoms with E-state index in [1.165, 1.54) is 0 Å². The van der Waals surface area contributed by atoms with Crippen molar-refractivity contribution in [3.63, 3.8) is 0 Å². The average molecular weight is 388 g/mol. The molecule has 0 aliphatic carbocycles. The maximum Gasteiger partial charge on any atom is 0.226 e. The van der Waals surface area contributed by atoms with Gasteiger partial charge in [-0.2, -0.15) is 0 Å². The lowest BCUT2D eigenvalue weighted by Crippen LogP contribution is -2.39. The monoisotopic (exact) mass is 387 g/mol. The van der Waals surface area contributed by atoms with Gasteiger partial charge in [0.05, 0.1) is 18.1 Å². The molecule has 25 heavy (non-hydrogen) atoms. The first-order valence-electron chi connectivity index (χ1n) is 8.15. The van der Waals surface area contributed by atoms with Gasteiger partial charge < -0.3 is 20.6 Å². The van der Waals surface area contributed by atoms with Crippen LogP contribution in [0.1, 0.15) is 18.0 Å². The second kappa shape index (κ2) is 8.36. The number of hydrogen-bond donors (Lipinski definition) is 3. The van der Waals surface area contributed by atoms with Crippen molar-refractivity contribution in [1.82, 2.24) is 15.5 Å². The minimum atomic E-state index is -0.451. The van der Waals surface area contributed by atoms with Crippen LogP contribution in [0.3, 0.4) is 0 Å². The standard InChI is InChI=1S/C17H22ClN3O3.ClH/c1-21-15(23)6-13(16(21)10-3-2-4-12(18)5-10)17(24)20-8-11-7-19-9-14(11)22;/h2-5,11,13-14,16,19,22H,6-9H2,1H3,(H,20,24);1H. The smallest absolute Gasteiger partial charge is 0.226 e. The first-order chi connectivity index (χ1) is 11.5. The lowest BCUT2D eigenvalue weighted by Gasteiger charge is -2.25. The molecule has 3 rings (SSSR count). The van der Waals surface area contributed by atoms with E-state index in [-0.39, 0.29) is 42.6 Å². The van der Waals surface area contributed by atoms with Gasteiger partial charge in [-0.15, -0.1) is 12.4 Å². The highest BCUT2D eigenvalue weighted by Crippen LogP contribution is 2.37. The Balaban J connectivity index is 0.00000225. The Hall–Kier alpha value is -1.34. The molecule has 4 unspecified atom stereocenters. The van der Waals surface area contributed by atoms with E-state index in [0.717, 1.165) is 5.56 Å². The number of carbonyl (C=O) groups is 2. The zero-order valence-electron chi connectivity index (χ0n) is 13.9. The Morgan fingerprint density at radius 3 is 2.84 bits per heavy atom. The van der Waals surface area contributed by atoms with E-state index in [9.17, 15) is 14.7 Å². The van der Waals surface area contributed by atoms with Crippen LogP contribution in [0.5, 0.6) is 0 Å². The van der Waals surface area contributed by atoms with E-state index in [1.807, 2.05) is 12.1 Å². The maximum atomic E-state index is 12.6. The topological polar surface area (TPSA) is 81.7 Å². The van der Waals surface area contributed by atoms with Gasteiger partial charge in [0.25, 0.3) is 0 Å². The number of nitrogens with one attached hydrogen (secondary N) is 2. The summed E-state index contributed by atoms with van der Waals surface area (Å²) in [6.45, 7) is 1.64. The van der Waals surface area contributed by atoms with Crippen LogP contribution in [0.4, 0.5) is 0 Å². The summed E-state index contributed by atoms with van der Waals surface area (Å²) in [5.74, 6) is -0.652. The van der Waals surface area contributed by atoms with E-state index < -0.39 is 12.0 Å². The molecule has 6 nitrogen and oxygen atoms in total. The van der Waals surface area contributed by atoms with E-state index >= 15 is 0 Å². The van der Waals surface area contributed by atoms with Gasteiger partial charge in [0.2, 0.25) is 11.8 Å². The Morgan fingerprint density at radius 2 is 2.20 bits per heavy atom. The molecular weight excluding hydrogens is 365 g/mol. The van der Waals surface area contributed by atoms with E-state index in [4.69, 9.17) is 11.6 Å². The highest BCUT2D eigenvalue weighted by Gasteiger charge is 2.42. The highest BCUT2D eigenvalue weighted by molar-refractivity contribution is 6.30. The Labute approximate surface area is 158 Å². The van der Waals surface area contributed by atoms with Crippen molar-refractivity contribution in [3.05, 3.63) is 34.9 Å². The molecule has 2 amide bonds. The van der Waals surface area contributed by atoms with Gasteiger partial charge in [0.1, 0.15) is 0 Å². The predicted octanol–water partition coefficient (Wildman–Crippen LogP) is 0.978. The summed E-state index contributed by atoms with van der Waals surface area (Å²) < 4.78 is 0. The third-order valence-corrected chi connectivity index (χ3v) is 5.19. The number of nitrogens with zero attached hydrogens (tertiary/aromatic N) is 1. The van der Waals surface area contributed by atoms with Crippen LogP contribution < -0.4 is 10.6 Å². The zero-order valence-corrected chi connectivity index (χ0v) is 15.5. The van der Waals surface area contributed by atoms with Gasteiger partial charge in [0.15, 0.2) is 0 Å². The van der Waals surface area contributed by atoms with Crippen molar-refractivity contribution in [2.75, 3.05) is 26.7 Å². The van der Waals surface area contributed by atoms with Crippen molar-refractivity contribution < 1.29 is 14.7 Å². The Bertz CT molecular complexity index is 643. The number of benzene rings is 1. The SMILES string of the molecule is CN1C(=O)CC(C(=O)NCC2CNCC2O)C1c1cccc(Cl)c1.Cl. The lowest BCUT2D eigenvalue weighted by molar-refractivity contribution is -0.128.